The smallest absolute Gasteiger partial charge is 0.227 e. The number of nitrogens with two attached hydrogens (primary N) is 1. The molecule has 102 valence electrons. The molecule has 0 radical (unpaired) electrons. The first kappa shape index (κ1) is 14.9. The van der Waals surface area contributed by atoms with Crippen molar-refractivity contribution in [1.29, 1.82) is 5.26 Å². The third-order valence-electron chi connectivity index (χ3n) is 2.31. The average molecular weight is 321 g/mol. The van der Waals surface area contributed by atoms with Gasteiger partial charge in [0.2, 0.25) is 5.91 Å². The van der Waals surface area contributed by atoms with Gasteiger partial charge in [0, 0.05) is 5.75 Å². The molecule has 20 heavy (non-hydrogen) atoms. The maximum atomic E-state index is 10.8. The zero-order valence-electron chi connectivity index (χ0n) is 10.4. The Bertz CT molecular complexity index is 634. The van der Waals surface area contributed by atoms with E-state index in [2.05, 4.69) is 10.4 Å². The second kappa shape index (κ2) is 7.33. The Hall–Kier alpha value is -1.49. The van der Waals surface area contributed by atoms with Gasteiger partial charge in [0.05, 0.1) is 9.96 Å². The van der Waals surface area contributed by atoms with E-state index in [1.165, 1.54) is 28.9 Å². The molecule has 1 heterocycles. The van der Waals surface area contributed by atoms with Crippen molar-refractivity contribution in [3.8, 4) is 6.07 Å². The summed E-state index contributed by atoms with van der Waals surface area (Å²) in [6, 6.07) is 12.2. The fourth-order valence-electron chi connectivity index (χ4n) is 1.41. The minimum absolute atomic E-state index is 0.140. The Morgan fingerprint density at radius 2 is 2.10 bits per heavy atom. The molecule has 2 aromatic rings. The Morgan fingerprint density at radius 3 is 2.75 bits per heavy atom. The Morgan fingerprint density at radius 1 is 1.35 bits per heavy atom. The van der Waals surface area contributed by atoms with E-state index in [4.69, 9.17) is 5.73 Å². The number of amides is 1. The zero-order chi connectivity index (χ0) is 14.4. The van der Waals surface area contributed by atoms with E-state index < -0.39 is 5.91 Å². The molecule has 0 atom stereocenters. The van der Waals surface area contributed by atoms with Gasteiger partial charge in [-0.2, -0.15) is 9.64 Å². The zero-order valence-corrected chi connectivity index (χ0v) is 12.9. The van der Waals surface area contributed by atoms with Crippen LogP contribution in [0.15, 0.2) is 39.6 Å². The number of nitriles is 1. The second-order valence-corrected chi connectivity index (χ2v) is 6.77. The predicted octanol–water partition coefficient (Wildman–Crippen LogP) is 2.88. The summed E-state index contributed by atoms with van der Waals surface area (Å²) in [6.45, 7) is 0. The summed E-state index contributed by atoms with van der Waals surface area (Å²) in [5.74, 6) is 0.518. The Balaban J connectivity index is 2.05. The molecule has 0 aliphatic rings. The molecule has 0 bridgehead atoms. The van der Waals surface area contributed by atoms with Crippen molar-refractivity contribution < 1.29 is 4.79 Å². The fraction of sp³-hybridized carbons (Fsp3) is 0.154. The molecular formula is C13H11N3OS3. The van der Waals surface area contributed by atoms with Crippen molar-refractivity contribution in [2.75, 3.05) is 5.75 Å². The maximum Gasteiger partial charge on any atom is 0.227 e. The lowest BCUT2D eigenvalue weighted by Gasteiger charge is -1.99. The van der Waals surface area contributed by atoms with Gasteiger partial charge >= 0.3 is 0 Å². The molecule has 0 saturated carbocycles. The van der Waals surface area contributed by atoms with Crippen LogP contribution in [0.25, 0.3) is 0 Å². The summed E-state index contributed by atoms with van der Waals surface area (Å²) in [7, 11) is 0. The van der Waals surface area contributed by atoms with Gasteiger partial charge in [0.15, 0.2) is 0 Å². The number of aromatic nitrogens is 1. The Kier molecular flexibility index (Phi) is 5.47. The topological polar surface area (TPSA) is 79.8 Å². The van der Waals surface area contributed by atoms with Gasteiger partial charge < -0.3 is 5.73 Å². The molecule has 2 N–H and O–H groups in total. The molecule has 0 aliphatic carbocycles. The standard InChI is InChI=1S/C13H11N3OS3/c14-6-10-12(18-8-11(15)17)16-20-13(10)19-7-9-4-2-1-3-5-9/h1-5H,7-8H2,(H2,15,17). The highest BCUT2D eigenvalue weighted by Gasteiger charge is 2.15. The molecule has 7 heteroatoms. The number of nitrogens with zero attached hydrogens (tertiary/aromatic N) is 2. The van der Waals surface area contributed by atoms with Gasteiger partial charge in [-0.25, -0.2) is 0 Å². The van der Waals surface area contributed by atoms with E-state index in [0.29, 0.717) is 10.6 Å². The lowest BCUT2D eigenvalue weighted by Crippen LogP contribution is -2.13. The van der Waals surface area contributed by atoms with Crippen LogP contribution in [-0.2, 0) is 10.5 Å². The van der Waals surface area contributed by atoms with Gasteiger partial charge in [-0.15, -0.1) is 11.8 Å². The van der Waals surface area contributed by atoms with Crippen LogP contribution in [0.4, 0.5) is 0 Å². The number of rotatable bonds is 6. The number of benzene rings is 1. The van der Waals surface area contributed by atoms with Gasteiger partial charge in [0.25, 0.3) is 0 Å². The molecule has 0 spiro atoms. The summed E-state index contributed by atoms with van der Waals surface area (Å²) in [4.78, 5) is 10.8. The average Bonchev–Trinajstić information content (AvgIpc) is 2.86. The number of hydrogen-bond donors (Lipinski definition) is 1. The van der Waals surface area contributed by atoms with E-state index in [1.54, 1.807) is 11.8 Å². The molecule has 0 saturated heterocycles. The second-order valence-electron chi connectivity index (χ2n) is 3.79. The van der Waals surface area contributed by atoms with Gasteiger partial charge in [-0.1, -0.05) is 42.1 Å². The summed E-state index contributed by atoms with van der Waals surface area (Å²) in [5.41, 5.74) is 6.84. The van der Waals surface area contributed by atoms with Crippen molar-refractivity contribution in [3.63, 3.8) is 0 Å². The normalized spacial score (nSPS) is 10.2. The highest BCUT2D eigenvalue weighted by molar-refractivity contribution is 8.01. The van der Waals surface area contributed by atoms with Crippen LogP contribution in [0, 0.1) is 11.3 Å². The first-order valence-electron chi connectivity index (χ1n) is 5.68. The van der Waals surface area contributed by atoms with Crippen LogP contribution < -0.4 is 5.73 Å². The van der Waals surface area contributed by atoms with E-state index in [-0.39, 0.29) is 5.75 Å². The fourth-order valence-corrected chi connectivity index (χ4v) is 4.20. The SMILES string of the molecule is N#Cc1c(SCC(N)=O)nsc1SCc1ccccc1. The summed E-state index contributed by atoms with van der Waals surface area (Å²) in [6.07, 6.45) is 0. The minimum atomic E-state index is -0.412. The molecule has 2 rings (SSSR count). The number of thioether (sulfide) groups is 2. The quantitative estimate of drug-likeness (QED) is 0.828. The Labute approximate surface area is 129 Å². The predicted molar refractivity (Wildman–Crippen MR) is 82.8 cm³/mol. The molecule has 0 fully saturated rings. The third kappa shape index (κ3) is 4.00. The molecule has 0 unspecified atom stereocenters. The van der Waals surface area contributed by atoms with Crippen LogP contribution in [-0.4, -0.2) is 16.0 Å². The monoisotopic (exact) mass is 321 g/mol. The molecule has 1 amide bonds. The number of primary amides is 1. The first-order chi connectivity index (χ1) is 9.70. The molecule has 1 aromatic carbocycles. The van der Waals surface area contributed by atoms with Crippen molar-refractivity contribution in [3.05, 3.63) is 41.5 Å². The van der Waals surface area contributed by atoms with Gasteiger partial charge in [-0.05, 0) is 17.1 Å². The molecular weight excluding hydrogens is 310 g/mol. The lowest BCUT2D eigenvalue weighted by atomic mass is 10.2. The van der Waals surface area contributed by atoms with E-state index >= 15 is 0 Å². The molecule has 1 aromatic heterocycles. The van der Waals surface area contributed by atoms with Crippen LogP contribution in [0.2, 0.25) is 0 Å². The molecule has 4 nitrogen and oxygen atoms in total. The van der Waals surface area contributed by atoms with Gasteiger partial charge in [0.1, 0.15) is 16.7 Å². The van der Waals surface area contributed by atoms with Crippen LogP contribution in [0.3, 0.4) is 0 Å². The van der Waals surface area contributed by atoms with E-state index in [9.17, 15) is 10.1 Å². The van der Waals surface area contributed by atoms with Crippen LogP contribution >= 0.6 is 35.1 Å². The van der Waals surface area contributed by atoms with Crippen molar-refractivity contribution >= 4 is 41.0 Å². The lowest BCUT2D eigenvalue weighted by molar-refractivity contribution is -0.115. The van der Waals surface area contributed by atoms with E-state index in [1.807, 2.05) is 30.3 Å². The van der Waals surface area contributed by atoms with Crippen LogP contribution in [0.1, 0.15) is 11.1 Å². The van der Waals surface area contributed by atoms with E-state index in [0.717, 1.165) is 9.96 Å². The number of hydrogen-bond acceptors (Lipinski definition) is 6. The third-order valence-corrected chi connectivity index (χ3v) is 5.58. The number of carbonyl (C=O) groups excluding carboxylic acids is 1. The summed E-state index contributed by atoms with van der Waals surface area (Å²) < 4.78 is 5.10. The number of carbonyl (C=O) groups is 1. The highest BCUT2D eigenvalue weighted by Crippen LogP contribution is 2.35. The first-order valence-corrected chi connectivity index (χ1v) is 8.42. The minimum Gasteiger partial charge on any atom is -0.369 e. The summed E-state index contributed by atoms with van der Waals surface area (Å²) in [5, 5.41) is 9.81. The maximum absolute atomic E-state index is 10.8. The van der Waals surface area contributed by atoms with Crippen molar-refractivity contribution in [2.24, 2.45) is 5.73 Å². The summed E-state index contributed by atoms with van der Waals surface area (Å²) >= 11 is 4.08. The van der Waals surface area contributed by atoms with Crippen LogP contribution in [0.5, 0.6) is 0 Å². The van der Waals surface area contributed by atoms with Crippen molar-refractivity contribution in [2.45, 2.75) is 15.0 Å². The highest BCUT2D eigenvalue weighted by atomic mass is 32.2. The van der Waals surface area contributed by atoms with Gasteiger partial charge in [-0.3, -0.25) is 4.79 Å². The molecule has 0 aliphatic heterocycles. The largest absolute Gasteiger partial charge is 0.369 e. The van der Waals surface area contributed by atoms with Crippen molar-refractivity contribution in [1.82, 2.24) is 4.37 Å².